The van der Waals surface area contributed by atoms with Crippen molar-refractivity contribution in [3.05, 3.63) is 0 Å². The lowest BCUT2D eigenvalue weighted by Crippen LogP contribution is -2.10. The van der Waals surface area contributed by atoms with E-state index in [9.17, 15) is 0 Å². The molecule has 0 spiro atoms. The summed E-state index contributed by atoms with van der Waals surface area (Å²) in [5, 5.41) is 0.328. The van der Waals surface area contributed by atoms with Gasteiger partial charge in [0.15, 0.2) is 0 Å². The highest BCUT2D eigenvalue weighted by molar-refractivity contribution is 6.20. The molecular weight excluding hydrogens is 144 g/mol. The lowest BCUT2D eigenvalue weighted by molar-refractivity contribution is 0.401. The van der Waals surface area contributed by atoms with Gasteiger partial charge in [0.1, 0.15) is 0 Å². The van der Waals surface area contributed by atoms with Crippen LogP contribution in [0.15, 0.2) is 0 Å². The van der Waals surface area contributed by atoms with Gasteiger partial charge in [-0.15, -0.1) is 11.6 Å². The van der Waals surface area contributed by atoms with Gasteiger partial charge in [0, 0.05) is 5.38 Å². The monoisotopic (exact) mass is 162 g/mol. The molecule has 62 valence electrons. The quantitative estimate of drug-likeness (QED) is 0.554. The van der Waals surface area contributed by atoms with Gasteiger partial charge < -0.3 is 0 Å². The van der Waals surface area contributed by atoms with E-state index < -0.39 is 0 Å². The van der Waals surface area contributed by atoms with Crippen molar-refractivity contribution < 1.29 is 0 Å². The van der Waals surface area contributed by atoms with Gasteiger partial charge in [0.25, 0.3) is 0 Å². The maximum atomic E-state index is 5.93. The summed E-state index contributed by atoms with van der Waals surface area (Å²) in [4.78, 5) is 0. The summed E-state index contributed by atoms with van der Waals surface area (Å²) in [6.07, 6.45) is 2.54. The smallest absolute Gasteiger partial charge is 0.0333 e. The minimum atomic E-state index is 0.328. The van der Waals surface area contributed by atoms with E-state index in [-0.39, 0.29) is 0 Å². The standard InChI is InChI=1S/C9H19Cl/c1-5-7(2)6-8(3)9(4)10/h7-9H,5-6H2,1-4H3. The van der Waals surface area contributed by atoms with Crippen molar-refractivity contribution in [2.45, 2.75) is 45.9 Å². The second kappa shape index (κ2) is 5.01. The van der Waals surface area contributed by atoms with E-state index >= 15 is 0 Å². The normalized spacial score (nSPS) is 20.1. The Morgan fingerprint density at radius 3 is 2.00 bits per heavy atom. The molecule has 0 aromatic heterocycles. The Hall–Kier alpha value is 0.290. The summed E-state index contributed by atoms with van der Waals surface area (Å²) < 4.78 is 0. The first-order chi connectivity index (χ1) is 4.57. The second-order valence-corrected chi connectivity index (χ2v) is 4.09. The Morgan fingerprint density at radius 2 is 1.70 bits per heavy atom. The average molecular weight is 163 g/mol. The number of halogens is 1. The van der Waals surface area contributed by atoms with Crippen LogP contribution in [0.2, 0.25) is 0 Å². The minimum Gasteiger partial charge on any atom is -0.123 e. The Kier molecular flexibility index (Phi) is 5.15. The summed E-state index contributed by atoms with van der Waals surface area (Å²) in [7, 11) is 0. The zero-order chi connectivity index (χ0) is 8.15. The van der Waals surface area contributed by atoms with Gasteiger partial charge >= 0.3 is 0 Å². The topological polar surface area (TPSA) is 0 Å². The van der Waals surface area contributed by atoms with Crippen molar-refractivity contribution in [1.29, 1.82) is 0 Å². The molecule has 0 heterocycles. The van der Waals surface area contributed by atoms with Crippen LogP contribution in [0.1, 0.15) is 40.5 Å². The Labute approximate surface area is 70.0 Å². The van der Waals surface area contributed by atoms with Crippen molar-refractivity contribution in [3.63, 3.8) is 0 Å². The maximum Gasteiger partial charge on any atom is 0.0333 e. The molecule has 0 amide bonds. The highest BCUT2D eigenvalue weighted by Gasteiger charge is 2.11. The van der Waals surface area contributed by atoms with E-state index in [2.05, 4.69) is 27.7 Å². The van der Waals surface area contributed by atoms with E-state index in [0.29, 0.717) is 11.3 Å². The number of rotatable bonds is 4. The van der Waals surface area contributed by atoms with Crippen LogP contribution < -0.4 is 0 Å². The molecule has 0 aliphatic carbocycles. The molecule has 10 heavy (non-hydrogen) atoms. The number of hydrogen-bond donors (Lipinski definition) is 0. The predicted molar refractivity (Wildman–Crippen MR) is 48.6 cm³/mol. The molecule has 3 atom stereocenters. The molecule has 0 N–H and O–H groups in total. The molecule has 0 aromatic rings. The first-order valence-corrected chi connectivity index (χ1v) is 4.65. The van der Waals surface area contributed by atoms with Crippen LogP contribution in [0.25, 0.3) is 0 Å². The summed E-state index contributed by atoms with van der Waals surface area (Å²) in [6.45, 7) is 8.82. The Morgan fingerprint density at radius 1 is 1.20 bits per heavy atom. The van der Waals surface area contributed by atoms with E-state index in [1.165, 1.54) is 12.8 Å². The summed E-state index contributed by atoms with van der Waals surface area (Å²) in [5.74, 6) is 1.49. The van der Waals surface area contributed by atoms with Gasteiger partial charge in [0.2, 0.25) is 0 Å². The molecule has 0 saturated heterocycles. The Bertz CT molecular complexity index is 78.8. The van der Waals surface area contributed by atoms with Gasteiger partial charge in [0.05, 0.1) is 0 Å². The van der Waals surface area contributed by atoms with Crippen LogP contribution in [0.3, 0.4) is 0 Å². The fourth-order valence-electron chi connectivity index (χ4n) is 0.989. The van der Waals surface area contributed by atoms with E-state index in [4.69, 9.17) is 11.6 Å². The SMILES string of the molecule is CCC(C)CC(C)C(C)Cl. The molecule has 0 saturated carbocycles. The zero-order valence-electron chi connectivity index (χ0n) is 7.52. The van der Waals surface area contributed by atoms with Crippen molar-refractivity contribution in [1.82, 2.24) is 0 Å². The van der Waals surface area contributed by atoms with Crippen LogP contribution in [-0.2, 0) is 0 Å². The van der Waals surface area contributed by atoms with Crippen molar-refractivity contribution in [3.8, 4) is 0 Å². The summed E-state index contributed by atoms with van der Waals surface area (Å²) >= 11 is 5.93. The predicted octanol–water partition coefficient (Wildman–Crippen LogP) is 3.69. The molecule has 0 aliphatic heterocycles. The second-order valence-electron chi connectivity index (χ2n) is 3.40. The summed E-state index contributed by atoms with van der Waals surface area (Å²) in [5.41, 5.74) is 0. The first-order valence-electron chi connectivity index (χ1n) is 4.22. The molecule has 0 fully saturated rings. The maximum absolute atomic E-state index is 5.93. The van der Waals surface area contributed by atoms with Crippen LogP contribution in [0.4, 0.5) is 0 Å². The Balaban J connectivity index is 3.46. The third kappa shape index (κ3) is 4.16. The van der Waals surface area contributed by atoms with E-state index in [1.54, 1.807) is 0 Å². The van der Waals surface area contributed by atoms with Gasteiger partial charge in [-0.25, -0.2) is 0 Å². The van der Waals surface area contributed by atoms with Gasteiger partial charge in [-0.2, -0.15) is 0 Å². The lowest BCUT2D eigenvalue weighted by Gasteiger charge is -2.17. The van der Waals surface area contributed by atoms with Gasteiger partial charge in [-0.1, -0.05) is 27.2 Å². The molecule has 0 rings (SSSR count). The molecular formula is C9H19Cl. The number of hydrogen-bond acceptors (Lipinski definition) is 0. The molecule has 0 nitrogen and oxygen atoms in total. The largest absolute Gasteiger partial charge is 0.123 e. The van der Waals surface area contributed by atoms with Crippen molar-refractivity contribution in [2.24, 2.45) is 11.8 Å². The van der Waals surface area contributed by atoms with Crippen molar-refractivity contribution in [2.75, 3.05) is 0 Å². The third-order valence-corrected chi connectivity index (χ3v) is 2.69. The number of alkyl halides is 1. The van der Waals surface area contributed by atoms with Crippen molar-refractivity contribution >= 4 is 11.6 Å². The van der Waals surface area contributed by atoms with E-state index in [0.717, 1.165) is 5.92 Å². The molecule has 0 aromatic carbocycles. The minimum absolute atomic E-state index is 0.328. The highest BCUT2D eigenvalue weighted by atomic mass is 35.5. The van der Waals surface area contributed by atoms with Crippen LogP contribution in [0.5, 0.6) is 0 Å². The van der Waals surface area contributed by atoms with E-state index in [1.807, 2.05) is 0 Å². The summed E-state index contributed by atoms with van der Waals surface area (Å²) in [6, 6.07) is 0. The van der Waals surface area contributed by atoms with Gasteiger partial charge in [-0.05, 0) is 25.2 Å². The van der Waals surface area contributed by atoms with Crippen LogP contribution in [-0.4, -0.2) is 5.38 Å². The third-order valence-electron chi connectivity index (χ3n) is 2.26. The average Bonchev–Trinajstić information content (AvgIpc) is 1.87. The molecule has 0 radical (unpaired) electrons. The molecule has 3 unspecified atom stereocenters. The fraction of sp³-hybridized carbons (Fsp3) is 1.00. The molecule has 1 heteroatoms. The molecule has 0 bridgehead atoms. The van der Waals surface area contributed by atoms with Crippen LogP contribution in [0, 0.1) is 11.8 Å². The highest BCUT2D eigenvalue weighted by Crippen LogP contribution is 2.20. The molecule has 0 aliphatic rings. The van der Waals surface area contributed by atoms with Gasteiger partial charge in [-0.3, -0.25) is 0 Å². The first kappa shape index (κ1) is 10.3. The van der Waals surface area contributed by atoms with Crippen LogP contribution >= 0.6 is 11.6 Å². The lowest BCUT2D eigenvalue weighted by atomic mass is 9.93. The zero-order valence-corrected chi connectivity index (χ0v) is 8.28. The fourth-order valence-corrected chi connectivity index (χ4v) is 1.09.